The molecule has 0 aliphatic carbocycles. The van der Waals surface area contributed by atoms with E-state index in [1.807, 2.05) is 44.2 Å². The highest BCUT2D eigenvalue weighted by Crippen LogP contribution is 2.53. The summed E-state index contributed by atoms with van der Waals surface area (Å²) >= 11 is 6.78. The number of alkyl halides is 2. The van der Waals surface area contributed by atoms with E-state index in [0.717, 1.165) is 5.56 Å². The van der Waals surface area contributed by atoms with E-state index in [1.165, 1.54) is 4.90 Å². The highest BCUT2D eigenvalue weighted by atomic mass is 79.9. The molecule has 1 aliphatic rings. The minimum atomic E-state index is -0.915. The zero-order chi connectivity index (χ0) is 13.6. The quantitative estimate of drug-likeness (QED) is 0.806. The van der Waals surface area contributed by atoms with E-state index in [9.17, 15) is 9.90 Å². The number of halogens is 2. The number of nitrogens with zero attached hydrogens (tertiary/aromatic N) is 1. The first-order valence-corrected chi connectivity index (χ1v) is 7.28. The molecule has 1 atom stereocenters. The first-order valence-electron chi connectivity index (χ1n) is 5.69. The van der Waals surface area contributed by atoms with E-state index in [2.05, 4.69) is 31.9 Å². The molecule has 0 radical (unpaired) electrons. The highest BCUT2D eigenvalue weighted by molar-refractivity contribution is 9.26. The Labute approximate surface area is 123 Å². The van der Waals surface area contributed by atoms with Gasteiger partial charge in [0.25, 0.3) is 5.91 Å². The summed E-state index contributed by atoms with van der Waals surface area (Å²) in [5, 5.41) is 10.3. The standard InChI is InChI=1S/C13H15Br2NO2/c1-12(2)10(17)16(11(18)13(12,14)15)8-9-6-4-3-5-7-9/h3-7,10,17H,8H2,1-2H3. The van der Waals surface area contributed by atoms with Crippen LogP contribution in [0, 0.1) is 5.41 Å². The fraction of sp³-hybridized carbons (Fsp3) is 0.462. The molecule has 1 N–H and O–H groups in total. The predicted octanol–water partition coefficient (Wildman–Crippen LogP) is 2.86. The highest BCUT2D eigenvalue weighted by Gasteiger charge is 2.61. The maximum atomic E-state index is 12.3. The molecule has 1 amide bonds. The van der Waals surface area contributed by atoms with Gasteiger partial charge in [-0.05, 0) is 5.56 Å². The molecule has 1 aromatic carbocycles. The molecule has 1 heterocycles. The molecule has 18 heavy (non-hydrogen) atoms. The third-order valence-electron chi connectivity index (χ3n) is 3.48. The maximum Gasteiger partial charge on any atom is 0.253 e. The molecule has 3 nitrogen and oxygen atoms in total. The number of amides is 1. The van der Waals surface area contributed by atoms with Gasteiger partial charge in [0, 0.05) is 12.0 Å². The summed E-state index contributed by atoms with van der Waals surface area (Å²) < 4.78 is -0.915. The lowest BCUT2D eigenvalue weighted by Crippen LogP contribution is -2.39. The van der Waals surface area contributed by atoms with Crippen LogP contribution in [-0.2, 0) is 11.3 Å². The Balaban J connectivity index is 2.28. The van der Waals surface area contributed by atoms with Crippen molar-refractivity contribution in [3.63, 3.8) is 0 Å². The summed E-state index contributed by atoms with van der Waals surface area (Å²) in [6.45, 7) is 4.11. The van der Waals surface area contributed by atoms with Crippen molar-refractivity contribution >= 4 is 37.8 Å². The van der Waals surface area contributed by atoms with Crippen molar-refractivity contribution in [1.29, 1.82) is 0 Å². The SMILES string of the molecule is CC1(C)C(O)N(Cc2ccccc2)C(=O)C1(Br)Br. The summed E-state index contributed by atoms with van der Waals surface area (Å²) in [5.41, 5.74) is 0.386. The van der Waals surface area contributed by atoms with Gasteiger partial charge >= 0.3 is 0 Å². The first-order chi connectivity index (χ1) is 8.28. The van der Waals surface area contributed by atoms with Crippen LogP contribution < -0.4 is 0 Å². The van der Waals surface area contributed by atoms with Crippen LogP contribution in [0.1, 0.15) is 19.4 Å². The molecule has 1 saturated heterocycles. The van der Waals surface area contributed by atoms with Crippen molar-refractivity contribution in [2.45, 2.75) is 29.9 Å². The third kappa shape index (κ3) is 2.02. The largest absolute Gasteiger partial charge is 0.373 e. The third-order valence-corrected chi connectivity index (χ3v) is 6.20. The van der Waals surface area contributed by atoms with Gasteiger partial charge in [0.05, 0.1) is 0 Å². The van der Waals surface area contributed by atoms with Gasteiger partial charge in [0.15, 0.2) is 3.23 Å². The van der Waals surface area contributed by atoms with Gasteiger partial charge in [-0.3, -0.25) is 4.79 Å². The number of carbonyl (C=O) groups is 1. The van der Waals surface area contributed by atoms with Gasteiger partial charge < -0.3 is 10.0 Å². The first kappa shape index (κ1) is 14.0. The van der Waals surface area contributed by atoms with Crippen molar-refractivity contribution in [3.05, 3.63) is 35.9 Å². The number of hydrogen-bond donors (Lipinski definition) is 1. The monoisotopic (exact) mass is 375 g/mol. The molecule has 1 unspecified atom stereocenters. The average Bonchev–Trinajstić information content (AvgIpc) is 2.44. The van der Waals surface area contributed by atoms with Gasteiger partial charge in [0.2, 0.25) is 0 Å². The molecule has 1 aromatic rings. The Bertz CT molecular complexity index is 459. The second-order valence-electron chi connectivity index (χ2n) is 5.09. The normalized spacial score (nSPS) is 25.5. The topological polar surface area (TPSA) is 40.5 Å². The fourth-order valence-electron chi connectivity index (χ4n) is 2.06. The summed E-state index contributed by atoms with van der Waals surface area (Å²) in [4.78, 5) is 13.8. The summed E-state index contributed by atoms with van der Waals surface area (Å²) in [5.74, 6) is -0.149. The minimum absolute atomic E-state index is 0.149. The van der Waals surface area contributed by atoms with Gasteiger partial charge in [0.1, 0.15) is 6.23 Å². The smallest absolute Gasteiger partial charge is 0.253 e. The van der Waals surface area contributed by atoms with Crippen molar-refractivity contribution < 1.29 is 9.90 Å². The molecule has 0 saturated carbocycles. The second-order valence-corrected chi connectivity index (χ2v) is 8.53. The van der Waals surface area contributed by atoms with E-state index < -0.39 is 14.9 Å². The molecule has 2 rings (SSSR count). The zero-order valence-electron chi connectivity index (χ0n) is 10.2. The van der Waals surface area contributed by atoms with E-state index in [-0.39, 0.29) is 5.91 Å². The summed E-state index contributed by atoms with van der Waals surface area (Å²) in [7, 11) is 0. The van der Waals surface area contributed by atoms with Gasteiger partial charge in [-0.25, -0.2) is 0 Å². The van der Waals surface area contributed by atoms with E-state index in [1.54, 1.807) is 0 Å². The number of benzene rings is 1. The Morgan fingerprint density at radius 1 is 1.28 bits per heavy atom. The predicted molar refractivity (Wildman–Crippen MR) is 77.4 cm³/mol. The molecule has 1 aliphatic heterocycles. The van der Waals surface area contributed by atoms with Crippen molar-refractivity contribution in [3.8, 4) is 0 Å². The van der Waals surface area contributed by atoms with Gasteiger partial charge in [-0.1, -0.05) is 76.0 Å². The van der Waals surface area contributed by atoms with Crippen LogP contribution in [0.3, 0.4) is 0 Å². The average molecular weight is 377 g/mol. The number of aliphatic hydroxyl groups excluding tert-OH is 1. The number of likely N-dealkylation sites (tertiary alicyclic amines) is 1. The second kappa shape index (κ2) is 4.62. The van der Waals surface area contributed by atoms with Crippen LogP contribution >= 0.6 is 31.9 Å². The lowest BCUT2D eigenvalue weighted by Gasteiger charge is -2.30. The Morgan fingerprint density at radius 3 is 2.28 bits per heavy atom. The van der Waals surface area contributed by atoms with Crippen LogP contribution in [0.5, 0.6) is 0 Å². The molecule has 0 bridgehead atoms. The van der Waals surface area contributed by atoms with Crippen molar-refractivity contribution in [1.82, 2.24) is 4.90 Å². The Morgan fingerprint density at radius 2 is 1.83 bits per heavy atom. The molecular formula is C13H15Br2NO2. The molecule has 0 spiro atoms. The fourth-order valence-corrected chi connectivity index (χ4v) is 2.92. The number of aliphatic hydroxyl groups is 1. The zero-order valence-corrected chi connectivity index (χ0v) is 13.4. The molecule has 98 valence electrons. The molecule has 1 fully saturated rings. The van der Waals surface area contributed by atoms with Crippen LogP contribution in [0.2, 0.25) is 0 Å². The van der Waals surface area contributed by atoms with Crippen LogP contribution in [0.4, 0.5) is 0 Å². The Hall–Kier alpha value is -0.390. The van der Waals surface area contributed by atoms with E-state index >= 15 is 0 Å². The molecule has 5 heteroatoms. The molecular weight excluding hydrogens is 362 g/mol. The maximum absolute atomic E-state index is 12.3. The lowest BCUT2D eigenvalue weighted by atomic mass is 9.90. The van der Waals surface area contributed by atoms with E-state index in [4.69, 9.17) is 0 Å². The summed E-state index contributed by atoms with van der Waals surface area (Å²) in [6.07, 6.45) is -0.830. The number of hydrogen-bond acceptors (Lipinski definition) is 2. The van der Waals surface area contributed by atoms with Crippen LogP contribution in [0.15, 0.2) is 30.3 Å². The summed E-state index contributed by atoms with van der Waals surface area (Å²) in [6, 6.07) is 9.64. The van der Waals surface area contributed by atoms with Gasteiger partial charge in [-0.2, -0.15) is 0 Å². The van der Waals surface area contributed by atoms with Crippen LogP contribution in [-0.4, -0.2) is 25.4 Å². The number of carbonyl (C=O) groups excluding carboxylic acids is 1. The van der Waals surface area contributed by atoms with Crippen LogP contribution in [0.25, 0.3) is 0 Å². The van der Waals surface area contributed by atoms with Gasteiger partial charge in [-0.15, -0.1) is 0 Å². The van der Waals surface area contributed by atoms with Crippen molar-refractivity contribution in [2.75, 3.05) is 0 Å². The minimum Gasteiger partial charge on any atom is -0.373 e. The Kier molecular flexibility index (Phi) is 3.60. The van der Waals surface area contributed by atoms with E-state index in [0.29, 0.717) is 6.54 Å². The molecule has 0 aromatic heterocycles. The number of rotatable bonds is 2. The lowest BCUT2D eigenvalue weighted by molar-refractivity contribution is -0.134. The van der Waals surface area contributed by atoms with Crippen molar-refractivity contribution in [2.24, 2.45) is 5.41 Å².